The third kappa shape index (κ3) is 1.76. The Morgan fingerprint density at radius 1 is 0.947 bits per heavy atom. The molecular weight excluding hydrogens is 232 g/mol. The Labute approximate surface area is 119 Å². The van der Waals surface area contributed by atoms with Gasteiger partial charge in [0, 0.05) is 0 Å². The van der Waals surface area contributed by atoms with Crippen molar-refractivity contribution in [1.29, 1.82) is 0 Å². The molecule has 0 spiro atoms. The van der Waals surface area contributed by atoms with Crippen LogP contribution in [0.1, 0.15) is 66.7 Å². The van der Waals surface area contributed by atoms with Crippen LogP contribution >= 0.6 is 0 Å². The number of hydrogen-bond acceptors (Lipinski definition) is 1. The summed E-state index contributed by atoms with van der Waals surface area (Å²) in [4.78, 5) is 0. The molecule has 0 aromatic rings. The topological polar surface area (TPSA) is 20.2 Å². The van der Waals surface area contributed by atoms with Crippen molar-refractivity contribution in [1.82, 2.24) is 0 Å². The first kappa shape index (κ1) is 13.9. The monoisotopic (exact) mass is 264 g/mol. The molecule has 1 nitrogen and oxygen atoms in total. The summed E-state index contributed by atoms with van der Waals surface area (Å²) >= 11 is 0. The van der Waals surface area contributed by atoms with Crippen LogP contribution in [-0.2, 0) is 0 Å². The van der Waals surface area contributed by atoms with Gasteiger partial charge in [0.25, 0.3) is 0 Å². The van der Waals surface area contributed by atoms with Crippen LogP contribution < -0.4 is 0 Å². The zero-order valence-electron chi connectivity index (χ0n) is 13.4. The number of aliphatic hydroxyl groups is 1. The van der Waals surface area contributed by atoms with Gasteiger partial charge in [-0.2, -0.15) is 0 Å². The number of fused-ring (bicyclic) bond motifs is 2. The normalized spacial score (nSPS) is 56.5. The summed E-state index contributed by atoms with van der Waals surface area (Å²) < 4.78 is 0. The van der Waals surface area contributed by atoms with E-state index in [1.165, 1.54) is 25.7 Å². The minimum Gasteiger partial charge on any atom is -0.393 e. The Morgan fingerprint density at radius 3 is 2.11 bits per heavy atom. The molecule has 0 aliphatic heterocycles. The van der Waals surface area contributed by atoms with Gasteiger partial charge in [0.15, 0.2) is 0 Å². The lowest BCUT2D eigenvalue weighted by Crippen LogP contribution is -2.44. The zero-order chi connectivity index (χ0) is 14.0. The maximum atomic E-state index is 10.6. The van der Waals surface area contributed by atoms with Gasteiger partial charge >= 0.3 is 0 Å². The van der Waals surface area contributed by atoms with Crippen LogP contribution in [0.4, 0.5) is 0 Å². The van der Waals surface area contributed by atoms with E-state index < -0.39 is 0 Å². The molecule has 0 radical (unpaired) electrons. The molecule has 2 bridgehead atoms. The highest BCUT2D eigenvalue weighted by atomic mass is 16.3. The van der Waals surface area contributed by atoms with Gasteiger partial charge in [0.2, 0.25) is 0 Å². The smallest absolute Gasteiger partial charge is 0.0574 e. The van der Waals surface area contributed by atoms with Crippen LogP contribution in [0.15, 0.2) is 0 Å². The summed E-state index contributed by atoms with van der Waals surface area (Å²) in [6.07, 6.45) is 6.45. The molecule has 110 valence electrons. The van der Waals surface area contributed by atoms with Crippen molar-refractivity contribution in [2.24, 2.45) is 40.4 Å². The minimum absolute atomic E-state index is 0.0387. The number of aliphatic hydroxyl groups excluding tert-OH is 1. The standard InChI is InChI=1S/C18H32O/c1-11-8-14(16(19)9-12(11)2)15-10-13-6-7-18(15,5)17(13,3)4/h11-16,19H,6-10H2,1-5H3/t11-,12-,13+,14-,15-,16-,18+/m0/s1. The van der Waals surface area contributed by atoms with E-state index in [9.17, 15) is 5.11 Å². The van der Waals surface area contributed by atoms with Crippen molar-refractivity contribution < 1.29 is 5.11 Å². The van der Waals surface area contributed by atoms with E-state index in [4.69, 9.17) is 0 Å². The Hall–Kier alpha value is -0.0400. The molecule has 1 heteroatoms. The largest absolute Gasteiger partial charge is 0.393 e. The summed E-state index contributed by atoms with van der Waals surface area (Å²) in [5, 5.41) is 10.6. The molecule has 7 atom stereocenters. The van der Waals surface area contributed by atoms with Gasteiger partial charge in [-0.05, 0) is 72.5 Å². The van der Waals surface area contributed by atoms with Gasteiger partial charge < -0.3 is 5.11 Å². The van der Waals surface area contributed by atoms with Gasteiger partial charge in [-0.1, -0.05) is 34.6 Å². The third-order valence-electron chi connectivity index (χ3n) is 8.10. The van der Waals surface area contributed by atoms with E-state index in [0.29, 0.717) is 22.7 Å². The average molecular weight is 264 g/mol. The highest BCUT2D eigenvalue weighted by molar-refractivity contribution is 5.12. The molecule has 3 aliphatic rings. The van der Waals surface area contributed by atoms with Gasteiger partial charge in [-0.25, -0.2) is 0 Å². The van der Waals surface area contributed by atoms with Crippen molar-refractivity contribution in [3.63, 3.8) is 0 Å². The molecule has 3 rings (SSSR count). The van der Waals surface area contributed by atoms with Crippen LogP contribution in [0.2, 0.25) is 0 Å². The van der Waals surface area contributed by atoms with Gasteiger partial charge in [-0.3, -0.25) is 0 Å². The summed E-state index contributed by atoms with van der Waals surface area (Å²) in [5.41, 5.74) is 0.966. The summed E-state index contributed by atoms with van der Waals surface area (Å²) in [7, 11) is 0. The van der Waals surface area contributed by atoms with Crippen LogP contribution in [0.3, 0.4) is 0 Å². The van der Waals surface area contributed by atoms with Gasteiger partial charge in [-0.15, -0.1) is 0 Å². The molecule has 0 heterocycles. The molecule has 0 unspecified atom stereocenters. The fourth-order valence-corrected chi connectivity index (χ4v) is 5.95. The lowest BCUT2D eigenvalue weighted by Gasteiger charge is -2.47. The predicted octanol–water partition coefficient (Wildman–Crippen LogP) is 4.49. The van der Waals surface area contributed by atoms with Crippen LogP contribution in [0.25, 0.3) is 0 Å². The van der Waals surface area contributed by atoms with Crippen LogP contribution in [0, 0.1) is 40.4 Å². The summed E-state index contributed by atoms with van der Waals surface area (Å²) in [5.74, 6) is 3.74. The van der Waals surface area contributed by atoms with E-state index in [1.54, 1.807) is 0 Å². The van der Waals surface area contributed by atoms with Crippen molar-refractivity contribution in [3.8, 4) is 0 Å². The van der Waals surface area contributed by atoms with Crippen molar-refractivity contribution in [3.05, 3.63) is 0 Å². The molecule has 0 amide bonds. The van der Waals surface area contributed by atoms with E-state index in [0.717, 1.165) is 24.2 Å². The van der Waals surface area contributed by atoms with E-state index in [2.05, 4.69) is 34.6 Å². The van der Waals surface area contributed by atoms with E-state index >= 15 is 0 Å². The highest BCUT2D eigenvalue weighted by Gasteiger charge is 2.63. The Kier molecular flexibility index (Phi) is 3.10. The zero-order valence-corrected chi connectivity index (χ0v) is 13.4. The quantitative estimate of drug-likeness (QED) is 0.739. The first-order valence-electron chi connectivity index (χ1n) is 8.45. The first-order valence-corrected chi connectivity index (χ1v) is 8.45. The van der Waals surface area contributed by atoms with Crippen molar-refractivity contribution in [2.45, 2.75) is 72.8 Å². The fraction of sp³-hybridized carbons (Fsp3) is 1.00. The predicted molar refractivity (Wildman–Crippen MR) is 79.8 cm³/mol. The van der Waals surface area contributed by atoms with E-state index in [-0.39, 0.29) is 6.10 Å². The fourth-order valence-electron chi connectivity index (χ4n) is 5.95. The number of hydrogen-bond donors (Lipinski definition) is 1. The van der Waals surface area contributed by atoms with Gasteiger partial charge in [0.05, 0.1) is 6.10 Å². The van der Waals surface area contributed by atoms with Crippen molar-refractivity contribution in [2.75, 3.05) is 0 Å². The molecule has 0 aromatic heterocycles. The lowest BCUT2D eigenvalue weighted by atomic mass is 9.58. The summed E-state index contributed by atoms with van der Waals surface area (Å²) in [6, 6.07) is 0. The molecule has 3 fully saturated rings. The van der Waals surface area contributed by atoms with Crippen LogP contribution in [0.5, 0.6) is 0 Å². The SMILES string of the molecule is C[C@H]1C[C@@H]([C@@H]2C[C@H]3CC[C@@]2(C)C3(C)C)[C@@H](O)C[C@@H]1C. The second-order valence-corrected chi connectivity index (χ2v) is 8.87. The second-order valence-electron chi connectivity index (χ2n) is 8.87. The highest BCUT2D eigenvalue weighted by Crippen LogP contribution is 2.70. The first-order chi connectivity index (χ1) is 8.77. The molecular formula is C18H32O. The van der Waals surface area contributed by atoms with Crippen molar-refractivity contribution >= 4 is 0 Å². The molecule has 0 aromatic carbocycles. The Bertz CT molecular complexity index is 361. The van der Waals surface area contributed by atoms with Gasteiger partial charge in [0.1, 0.15) is 0 Å². The molecule has 1 N–H and O–H groups in total. The molecule has 19 heavy (non-hydrogen) atoms. The lowest BCUT2D eigenvalue weighted by molar-refractivity contribution is -0.0469. The maximum absolute atomic E-state index is 10.6. The molecule has 3 saturated carbocycles. The second kappa shape index (κ2) is 4.23. The molecule has 0 saturated heterocycles. The average Bonchev–Trinajstić information content (AvgIpc) is 2.66. The third-order valence-corrected chi connectivity index (χ3v) is 8.10. The maximum Gasteiger partial charge on any atom is 0.0574 e. The number of rotatable bonds is 1. The van der Waals surface area contributed by atoms with E-state index in [1.807, 2.05) is 0 Å². The Balaban J connectivity index is 1.84. The van der Waals surface area contributed by atoms with Crippen LogP contribution in [-0.4, -0.2) is 11.2 Å². The molecule has 3 aliphatic carbocycles. The minimum atomic E-state index is -0.0387. The Morgan fingerprint density at radius 2 is 1.58 bits per heavy atom. The summed E-state index contributed by atoms with van der Waals surface area (Å²) in [6.45, 7) is 12.2.